The lowest BCUT2D eigenvalue weighted by Crippen LogP contribution is -2.41. The molecule has 0 radical (unpaired) electrons. The number of piperidine rings is 1. The number of amides is 2. The van der Waals surface area contributed by atoms with Gasteiger partial charge in [-0.15, -0.1) is 12.4 Å². The van der Waals surface area contributed by atoms with Gasteiger partial charge in [0.25, 0.3) is 0 Å². The van der Waals surface area contributed by atoms with Crippen molar-refractivity contribution in [2.75, 3.05) is 31.5 Å². The van der Waals surface area contributed by atoms with E-state index >= 15 is 0 Å². The molecule has 26 heavy (non-hydrogen) atoms. The van der Waals surface area contributed by atoms with E-state index in [9.17, 15) is 9.59 Å². The quantitative estimate of drug-likeness (QED) is 0.798. The fourth-order valence-corrected chi connectivity index (χ4v) is 3.84. The first-order chi connectivity index (χ1) is 12.2. The molecule has 5 nitrogen and oxygen atoms in total. The van der Waals surface area contributed by atoms with Crippen LogP contribution in [-0.4, -0.2) is 42.9 Å². The van der Waals surface area contributed by atoms with Gasteiger partial charge in [0.15, 0.2) is 0 Å². The van der Waals surface area contributed by atoms with Crippen LogP contribution in [-0.2, 0) is 16.0 Å². The van der Waals surface area contributed by atoms with Crippen LogP contribution in [0.2, 0.25) is 0 Å². The molecule has 2 aliphatic heterocycles. The molecule has 1 atom stereocenters. The maximum absolute atomic E-state index is 12.5. The van der Waals surface area contributed by atoms with Gasteiger partial charge < -0.3 is 15.5 Å². The zero-order valence-corrected chi connectivity index (χ0v) is 16.3. The standard InChI is InChI=1S/C20H29N3O2.ClH/c1-2-21-14-15-9-11-23(12-10-15)19(24)8-7-17-13-16-5-3-4-6-18(16)22-20(17)25;/h3-6,15,17,21H,2,7-14H2,1H3,(H,22,25);1H. The van der Waals surface area contributed by atoms with Crippen LogP contribution in [0.5, 0.6) is 0 Å². The van der Waals surface area contributed by atoms with Crippen LogP contribution in [0, 0.1) is 11.8 Å². The summed E-state index contributed by atoms with van der Waals surface area (Å²) in [6.45, 7) is 5.90. The number of carbonyl (C=O) groups is 2. The highest BCUT2D eigenvalue weighted by molar-refractivity contribution is 5.96. The normalized spacial score (nSPS) is 20.1. The molecule has 144 valence electrons. The molecule has 2 heterocycles. The van der Waals surface area contributed by atoms with Crippen molar-refractivity contribution in [1.29, 1.82) is 0 Å². The lowest BCUT2D eigenvalue weighted by Gasteiger charge is -2.32. The van der Waals surface area contributed by atoms with Crippen molar-refractivity contribution in [3.8, 4) is 0 Å². The fraction of sp³-hybridized carbons (Fsp3) is 0.600. The molecule has 0 aromatic heterocycles. The minimum Gasteiger partial charge on any atom is -0.343 e. The fourth-order valence-electron chi connectivity index (χ4n) is 3.84. The largest absolute Gasteiger partial charge is 0.343 e. The lowest BCUT2D eigenvalue weighted by molar-refractivity contribution is -0.133. The molecule has 2 aliphatic rings. The first-order valence-corrected chi connectivity index (χ1v) is 9.54. The molecule has 0 aliphatic carbocycles. The molecular formula is C20H30ClN3O2. The summed E-state index contributed by atoms with van der Waals surface area (Å²) in [5.41, 5.74) is 2.08. The predicted octanol–water partition coefficient (Wildman–Crippen LogP) is 2.85. The molecule has 1 fully saturated rings. The molecule has 3 rings (SSSR count). The van der Waals surface area contributed by atoms with Crippen molar-refractivity contribution in [3.63, 3.8) is 0 Å². The van der Waals surface area contributed by atoms with Gasteiger partial charge in [0, 0.05) is 31.1 Å². The van der Waals surface area contributed by atoms with Crippen LogP contribution in [0.4, 0.5) is 5.69 Å². The summed E-state index contributed by atoms with van der Waals surface area (Å²) >= 11 is 0. The summed E-state index contributed by atoms with van der Waals surface area (Å²) in [7, 11) is 0. The summed E-state index contributed by atoms with van der Waals surface area (Å²) in [5, 5.41) is 6.36. The summed E-state index contributed by atoms with van der Waals surface area (Å²) in [6.07, 6.45) is 4.00. The number of likely N-dealkylation sites (tertiary alicyclic amines) is 1. The molecule has 1 saturated heterocycles. The highest BCUT2D eigenvalue weighted by Gasteiger charge is 2.28. The highest BCUT2D eigenvalue weighted by atomic mass is 35.5. The predicted molar refractivity (Wildman–Crippen MR) is 107 cm³/mol. The number of rotatable bonds is 6. The van der Waals surface area contributed by atoms with Crippen molar-refractivity contribution in [3.05, 3.63) is 29.8 Å². The van der Waals surface area contributed by atoms with E-state index in [1.54, 1.807) is 0 Å². The third-order valence-electron chi connectivity index (χ3n) is 5.47. The Morgan fingerprint density at radius 1 is 1.27 bits per heavy atom. The molecule has 0 bridgehead atoms. The second kappa shape index (κ2) is 9.93. The van der Waals surface area contributed by atoms with Crippen LogP contribution in [0.1, 0.15) is 38.2 Å². The van der Waals surface area contributed by atoms with E-state index in [4.69, 9.17) is 0 Å². The average Bonchev–Trinajstić information content (AvgIpc) is 2.64. The first kappa shape index (κ1) is 20.7. The van der Waals surface area contributed by atoms with Gasteiger partial charge in [0.1, 0.15) is 0 Å². The van der Waals surface area contributed by atoms with E-state index in [1.165, 1.54) is 5.56 Å². The van der Waals surface area contributed by atoms with Crippen LogP contribution in [0.25, 0.3) is 0 Å². The summed E-state index contributed by atoms with van der Waals surface area (Å²) < 4.78 is 0. The van der Waals surface area contributed by atoms with E-state index in [-0.39, 0.29) is 30.1 Å². The van der Waals surface area contributed by atoms with Crippen molar-refractivity contribution >= 4 is 29.9 Å². The Kier molecular flexibility index (Phi) is 7.91. The van der Waals surface area contributed by atoms with E-state index in [1.807, 2.05) is 23.1 Å². The van der Waals surface area contributed by atoms with Gasteiger partial charge >= 0.3 is 0 Å². The number of hydrogen-bond donors (Lipinski definition) is 2. The van der Waals surface area contributed by atoms with Gasteiger partial charge in [-0.05, 0) is 56.3 Å². The first-order valence-electron chi connectivity index (χ1n) is 9.54. The van der Waals surface area contributed by atoms with E-state index < -0.39 is 0 Å². The monoisotopic (exact) mass is 379 g/mol. The molecule has 2 N–H and O–H groups in total. The topological polar surface area (TPSA) is 61.4 Å². The number of nitrogens with zero attached hydrogens (tertiary/aromatic N) is 1. The van der Waals surface area contributed by atoms with Crippen LogP contribution in [0.3, 0.4) is 0 Å². The molecule has 1 aromatic rings. The van der Waals surface area contributed by atoms with E-state index in [0.717, 1.165) is 51.1 Å². The summed E-state index contributed by atoms with van der Waals surface area (Å²) in [4.78, 5) is 26.7. The lowest BCUT2D eigenvalue weighted by atomic mass is 9.89. The van der Waals surface area contributed by atoms with Gasteiger partial charge in [-0.2, -0.15) is 0 Å². The van der Waals surface area contributed by atoms with Crippen LogP contribution in [0.15, 0.2) is 24.3 Å². The number of carbonyl (C=O) groups excluding carboxylic acids is 2. The molecule has 2 amide bonds. The SMILES string of the molecule is CCNCC1CCN(C(=O)CCC2Cc3ccccc3NC2=O)CC1.Cl. The van der Waals surface area contributed by atoms with Crippen molar-refractivity contribution < 1.29 is 9.59 Å². The zero-order chi connectivity index (χ0) is 17.6. The molecule has 1 aromatic carbocycles. The number of hydrogen-bond acceptors (Lipinski definition) is 3. The van der Waals surface area contributed by atoms with E-state index in [2.05, 4.69) is 23.6 Å². The Labute approximate surface area is 162 Å². The molecule has 6 heteroatoms. The van der Waals surface area contributed by atoms with Crippen molar-refractivity contribution in [2.45, 2.75) is 39.0 Å². The maximum atomic E-state index is 12.5. The van der Waals surface area contributed by atoms with Crippen LogP contribution < -0.4 is 10.6 Å². The van der Waals surface area contributed by atoms with Crippen molar-refractivity contribution in [1.82, 2.24) is 10.2 Å². The van der Waals surface area contributed by atoms with Gasteiger partial charge in [0.2, 0.25) is 11.8 Å². The molecule has 1 unspecified atom stereocenters. The Balaban J connectivity index is 0.00000243. The van der Waals surface area contributed by atoms with Gasteiger partial charge in [-0.3, -0.25) is 9.59 Å². The van der Waals surface area contributed by atoms with E-state index in [0.29, 0.717) is 18.8 Å². The summed E-state index contributed by atoms with van der Waals surface area (Å²) in [5.74, 6) is 0.846. The number of halogens is 1. The minimum absolute atomic E-state index is 0. The Bertz CT molecular complexity index is 615. The number of anilines is 1. The average molecular weight is 380 g/mol. The summed E-state index contributed by atoms with van der Waals surface area (Å²) in [6, 6.07) is 7.92. The molecule has 0 spiro atoms. The highest BCUT2D eigenvalue weighted by Crippen LogP contribution is 2.28. The van der Waals surface area contributed by atoms with Crippen molar-refractivity contribution in [2.24, 2.45) is 11.8 Å². The molecular weight excluding hydrogens is 350 g/mol. The number of fused-ring (bicyclic) bond motifs is 1. The molecule has 0 saturated carbocycles. The Morgan fingerprint density at radius 2 is 2.00 bits per heavy atom. The number of benzene rings is 1. The third-order valence-corrected chi connectivity index (χ3v) is 5.47. The Morgan fingerprint density at radius 3 is 2.73 bits per heavy atom. The number of para-hydroxylation sites is 1. The van der Waals surface area contributed by atoms with Gasteiger partial charge in [0.05, 0.1) is 0 Å². The maximum Gasteiger partial charge on any atom is 0.227 e. The van der Waals surface area contributed by atoms with Gasteiger partial charge in [-0.1, -0.05) is 25.1 Å². The number of nitrogens with one attached hydrogen (secondary N) is 2. The zero-order valence-electron chi connectivity index (χ0n) is 15.5. The van der Waals surface area contributed by atoms with Gasteiger partial charge in [-0.25, -0.2) is 0 Å². The smallest absolute Gasteiger partial charge is 0.227 e. The minimum atomic E-state index is -0.0925. The van der Waals surface area contributed by atoms with Crippen LogP contribution >= 0.6 is 12.4 Å². The second-order valence-electron chi connectivity index (χ2n) is 7.22. The second-order valence-corrected chi connectivity index (χ2v) is 7.22. The third kappa shape index (κ3) is 5.21. The Hall–Kier alpha value is -1.59.